The fourth-order valence-corrected chi connectivity index (χ4v) is 1.61. The number of amides is 1. The van der Waals surface area contributed by atoms with Crippen LogP contribution in [0.1, 0.15) is 21.8 Å². The Morgan fingerprint density at radius 1 is 1.47 bits per heavy atom. The topological polar surface area (TPSA) is 84.6 Å². The summed E-state index contributed by atoms with van der Waals surface area (Å²) in [6.07, 6.45) is 0. The predicted molar refractivity (Wildman–Crippen MR) is 67.1 cm³/mol. The van der Waals surface area contributed by atoms with Crippen molar-refractivity contribution in [3.05, 3.63) is 41.3 Å². The number of nitrogens with zero attached hydrogens (tertiary/aromatic N) is 1. The van der Waals surface area contributed by atoms with Crippen molar-refractivity contribution in [1.29, 1.82) is 0 Å². The summed E-state index contributed by atoms with van der Waals surface area (Å²) >= 11 is 0. The summed E-state index contributed by atoms with van der Waals surface area (Å²) < 4.78 is 9.80. The molecule has 0 fully saturated rings. The van der Waals surface area contributed by atoms with Gasteiger partial charge in [-0.3, -0.25) is 4.79 Å². The summed E-state index contributed by atoms with van der Waals surface area (Å²) in [5, 5.41) is 16.0. The quantitative estimate of drug-likeness (QED) is 0.874. The molecule has 2 rings (SSSR count). The lowest BCUT2D eigenvalue weighted by Gasteiger charge is -2.06. The molecule has 6 nitrogen and oxygen atoms in total. The van der Waals surface area contributed by atoms with Gasteiger partial charge in [-0.05, 0) is 25.1 Å². The molecule has 19 heavy (non-hydrogen) atoms. The zero-order valence-electron chi connectivity index (χ0n) is 10.6. The van der Waals surface area contributed by atoms with E-state index in [-0.39, 0.29) is 18.2 Å². The minimum absolute atomic E-state index is 0.0765. The van der Waals surface area contributed by atoms with Gasteiger partial charge in [0, 0.05) is 11.6 Å². The number of aromatic hydroxyl groups is 1. The Hall–Kier alpha value is -2.50. The molecule has 0 bridgehead atoms. The highest BCUT2D eigenvalue weighted by Gasteiger charge is 2.10. The van der Waals surface area contributed by atoms with Crippen LogP contribution in [0.4, 0.5) is 0 Å². The minimum atomic E-state index is -0.307. The number of ether oxygens (including phenoxy) is 1. The molecule has 1 aromatic heterocycles. The Morgan fingerprint density at radius 3 is 2.84 bits per heavy atom. The first kappa shape index (κ1) is 12.9. The molecule has 100 valence electrons. The van der Waals surface area contributed by atoms with E-state index in [0.29, 0.717) is 22.8 Å². The molecular formula is C13H14N2O4. The van der Waals surface area contributed by atoms with Crippen molar-refractivity contribution < 1.29 is 19.2 Å². The maximum Gasteiger partial charge on any atom is 0.251 e. The first-order valence-electron chi connectivity index (χ1n) is 5.67. The van der Waals surface area contributed by atoms with Gasteiger partial charge < -0.3 is 19.7 Å². The Morgan fingerprint density at radius 2 is 2.26 bits per heavy atom. The highest BCUT2D eigenvalue weighted by Crippen LogP contribution is 2.26. The second-order valence-electron chi connectivity index (χ2n) is 4.00. The van der Waals surface area contributed by atoms with E-state index >= 15 is 0 Å². The lowest BCUT2D eigenvalue weighted by molar-refractivity contribution is 0.0949. The molecule has 2 N–H and O–H groups in total. The van der Waals surface area contributed by atoms with Gasteiger partial charge in [0.1, 0.15) is 11.5 Å². The maximum atomic E-state index is 11.9. The third-order valence-corrected chi connectivity index (χ3v) is 2.55. The largest absolute Gasteiger partial charge is 0.504 e. The summed E-state index contributed by atoms with van der Waals surface area (Å²) in [6.45, 7) is 2.04. The van der Waals surface area contributed by atoms with E-state index in [0.717, 1.165) is 0 Å². The molecule has 1 amide bonds. The molecule has 0 saturated heterocycles. The van der Waals surface area contributed by atoms with Gasteiger partial charge >= 0.3 is 0 Å². The number of methoxy groups -OCH3 is 1. The zero-order valence-corrected chi connectivity index (χ0v) is 10.6. The fourth-order valence-electron chi connectivity index (χ4n) is 1.61. The van der Waals surface area contributed by atoms with E-state index in [4.69, 9.17) is 9.26 Å². The van der Waals surface area contributed by atoms with Crippen molar-refractivity contribution in [1.82, 2.24) is 10.5 Å². The second-order valence-corrected chi connectivity index (χ2v) is 4.00. The molecule has 0 spiro atoms. The number of aromatic nitrogens is 1. The number of rotatable bonds is 4. The Kier molecular flexibility index (Phi) is 3.70. The number of hydrogen-bond donors (Lipinski definition) is 2. The van der Waals surface area contributed by atoms with Gasteiger partial charge in [-0.25, -0.2) is 0 Å². The molecule has 6 heteroatoms. The Balaban J connectivity index is 2.01. The van der Waals surface area contributed by atoms with Crippen LogP contribution < -0.4 is 10.1 Å². The summed E-state index contributed by atoms with van der Waals surface area (Å²) in [6, 6.07) is 6.19. The van der Waals surface area contributed by atoms with Crippen LogP contribution in [0.15, 0.2) is 28.8 Å². The highest BCUT2D eigenvalue weighted by molar-refractivity contribution is 5.94. The maximum absolute atomic E-state index is 11.9. The average molecular weight is 262 g/mol. The highest BCUT2D eigenvalue weighted by atomic mass is 16.5. The summed E-state index contributed by atoms with van der Waals surface area (Å²) in [4.78, 5) is 11.9. The third kappa shape index (κ3) is 3.04. The number of phenolic OH excluding ortho intramolecular Hbond substituents is 1. The fraction of sp³-hybridized carbons (Fsp3) is 0.231. The number of nitrogens with one attached hydrogen (secondary N) is 1. The van der Waals surface area contributed by atoms with Crippen LogP contribution in [0.25, 0.3) is 0 Å². The van der Waals surface area contributed by atoms with E-state index in [2.05, 4.69) is 10.5 Å². The second kappa shape index (κ2) is 5.43. The smallest absolute Gasteiger partial charge is 0.251 e. The van der Waals surface area contributed by atoms with Gasteiger partial charge in [-0.1, -0.05) is 5.16 Å². The minimum Gasteiger partial charge on any atom is -0.504 e. The predicted octanol–water partition coefficient (Wildman–Crippen LogP) is 1.63. The molecule has 0 aliphatic rings. The summed E-state index contributed by atoms with van der Waals surface area (Å²) in [5.41, 5.74) is 0.988. The number of aryl methyl sites for hydroxylation is 1. The molecule has 0 atom stereocenters. The van der Waals surface area contributed by atoms with E-state index in [1.165, 1.54) is 19.2 Å². The normalized spacial score (nSPS) is 10.2. The van der Waals surface area contributed by atoms with Crippen LogP contribution in [0, 0.1) is 6.92 Å². The lowest BCUT2D eigenvalue weighted by Crippen LogP contribution is -2.22. The van der Waals surface area contributed by atoms with Gasteiger partial charge in [0.2, 0.25) is 0 Å². The molecular weight excluding hydrogens is 248 g/mol. The Labute approximate surface area is 110 Å². The molecule has 0 saturated carbocycles. The molecule has 0 radical (unpaired) electrons. The summed E-state index contributed by atoms with van der Waals surface area (Å²) in [7, 11) is 1.45. The van der Waals surface area contributed by atoms with Gasteiger partial charge in [-0.2, -0.15) is 0 Å². The monoisotopic (exact) mass is 262 g/mol. The number of carbonyl (C=O) groups is 1. The zero-order chi connectivity index (χ0) is 13.8. The van der Waals surface area contributed by atoms with Crippen molar-refractivity contribution in [2.75, 3.05) is 7.11 Å². The van der Waals surface area contributed by atoms with E-state index < -0.39 is 0 Å². The first-order valence-corrected chi connectivity index (χ1v) is 5.67. The van der Waals surface area contributed by atoms with Crippen LogP contribution in [-0.2, 0) is 6.54 Å². The van der Waals surface area contributed by atoms with Crippen molar-refractivity contribution in [2.24, 2.45) is 0 Å². The summed E-state index contributed by atoms with van der Waals surface area (Å²) in [5.74, 6) is 0.626. The van der Waals surface area contributed by atoms with Crippen LogP contribution in [-0.4, -0.2) is 23.3 Å². The van der Waals surface area contributed by atoms with Crippen LogP contribution in [0.5, 0.6) is 11.5 Å². The van der Waals surface area contributed by atoms with Crippen LogP contribution in [0.3, 0.4) is 0 Å². The number of hydrogen-bond acceptors (Lipinski definition) is 5. The van der Waals surface area contributed by atoms with Crippen LogP contribution in [0.2, 0.25) is 0 Å². The molecule has 2 aromatic rings. The molecule has 1 heterocycles. The van der Waals surface area contributed by atoms with E-state index in [1.54, 1.807) is 19.1 Å². The van der Waals surface area contributed by atoms with E-state index in [9.17, 15) is 9.90 Å². The third-order valence-electron chi connectivity index (χ3n) is 2.55. The van der Waals surface area contributed by atoms with E-state index in [1.807, 2.05) is 0 Å². The molecule has 0 unspecified atom stereocenters. The van der Waals surface area contributed by atoms with Gasteiger partial charge in [0.25, 0.3) is 5.91 Å². The average Bonchev–Trinajstić information content (AvgIpc) is 2.81. The van der Waals surface area contributed by atoms with Crippen molar-refractivity contribution >= 4 is 5.91 Å². The van der Waals surface area contributed by atoms with Gasteiger partial charge in [0.05, 0.1) is 13.7 Å². The SMILES string of the molecule is COc1ccc(C(=O)NCc2cc(C)on2)cc1O. The van der Waals surface area contributed by atoms with Gasteiger partial charge in [0.15, 0.2) is 11.5 Å². The van der Waals surface area contributed by atoms with Crippen molar-refractivity contribution in [3.8, 4) is 11.5 Å². The van der Waals surface area contributed by atoms with Gasteiger partial charge in [-0.15, -0.1) is 0 Å². The van der Waals surface area contributed by atoms with Crippen LogP contribution >= 0.6 is 0 Å². The standard InChI is InChI=1S/C13H14N2O4/c1-8-5-10(15-19-8)7-14-13(17)9-3-4-12(18-2)11(16)6-9/h3-6,16H,7H2,1-2H3,(H,14,17). The number of phenols is 1. The molecule has 0 aliphatic heterocycles. The molecule has 1 aromatic carbocycles. The molecule has 0 aliphatic carbocycles. The lowest BCUT2D eigenvalue weighted by atomic mass is 10.2. The van der Waals surface area contributed by atoms with Crippen molar-refractivity contribution in [2.45, 2.75) is 13.5 Å². The van der Waals surface area contributed by atoms with Crippen molar-refractivity contribution in [3.63, 3.8) is 0 Å². The number of carbonyl (C=O) groups excluding carboxylic acids is 1. The Bertz CT molecular complexity index is 592. The first-order chi connectivity index (χ1) is 9.10. The number of benzene rings is 1.